The molecule has 3 rings (SSSR count). The second-order valence-electron chi connectivity index (χ2n) is 8.82. The summed E-state index contributed by atoms with van der Waals surface area (Å²) in [6, 6.07) is 1.86. The molecule has 9 nitrogen and oxygen atoms in total. The summed E-state index contributed by atoms with van der Waals surface area (Å²) < 4.78 is 28.9. The second-order valence-corrected chi connectivity index (χ2v) is 10.5. The quantitative estimate of drug-likeness (QED) is 0.297. The summed E-state index contributed by atoms with van der Waals surface area (Å²) in [6.45, 7) is 0. The molecule has 1 aromatic rings. The Bertz CT molecular complexity index is 874. The summed E-state index contributed by atoms with van der Waals surface area (Å²) in [5, 5.41) is 17.6. The number of pyridine rings is 1. The lowest BCUT2D eigenvalue weighted by atomic mass is 9.97. The molecule has 0 bridgehead atoms. The molecule has 2 saturated carbocycles. The van der Waals surface area contributed by atoms with Crippen LogP contribution >= 0.6 is 0 Å². The average molecular weight is 466 g/mol. The highest BCUT2D eigenvalue weighted by atomic mass is 32.2. The van der Waals surface area contributed by atoms with Gasteiger partial charge in [-0.05, 0) is 31.7 Å². The van der Waals surface area contributed by atoms with Crippen molar-refractivity contribution in [1.29, 1.82) is 0 Å². The predicted molar refractivity (Wildman–Crippen MR) is 124 cm³/mol. The van der Waals surface area contributed by atoms with Gasteiger partial charge in [0.1, 0.15) is 4.90 Å². The van der Waals surface area contributed by atoms with Crippen molar-refractivity contribution in [2.24, 2.45) is 0 Å². The molecule has 2 aliphatic rings. The number of hydrogen-bond acceptors (Lipinski definition) is 7. The minimum atomic E-state index is -4.07. The Hall–Kier alpha value is -2.36. The Morgan fingerprint density at radius 2 is 1.53 bits per heavy atom. The number of nitro groups is 1. The lowest BCUT2D eigenvalue weighted by molar-refractivity contribution is -0.404. The van der Waals surface area contributed by atoms with Crippen molar-refractivity contribution in [1.82, 2.24) is 15.0 Å². The van der Waals surface area contributed by atoms with Gasteiger partial charge in [0, 0.05) is 24.5 Å². The fourth-order valence-electron chi connectivity index (χ4n) is 4.58. The van der Waals surface area contributed by atoms with Crippen molar-refractivity contribution in [3.63, 3.8) is 0 Å². The van der Waals surface area contributed by atoms with Gasteiger partial charge >= 0.3 is 0 Å². The van der Waals surface area contributed by atoms with Crippen molar-refractivity contribution in [2.75, 3.05) is 5.32 Å². The molecular weight excluding hydrogens is 430 g/mol. The van der Waals surface area contributed by atoms with Gasteiger partial charge in [0.15, 0.2) is 5.82 Å². The lowest BCUT2D eigenvalue weighted by Gasteiger charge is -2.24. The zero-order valence-electron chi connectivity index (χ0n) is 18.6. The number of aromatic nitrogens is 1. The molecule has 0 radical (unpaired) electrons. The smallest absolute Gasteiger partial charge is 0.275 e. The molecule has 1 heterocycles. The van der Waals surface area contributed by atoms with Crippen LogP contribution in [0, 0.1) is 10.1 Å². The Kier molecular flexibility index (Phi) is 9.13. The van der Waals surface area contributed by atoms with Gasteiger partial charge in [-0.15, -0.1) is 0 Å². The summed E-state index contributed by atoms with van der Waals surface area (Å²) in [7, 11) is -4.07. The van der Waals surface area contributed by atoms with Crippen molar-refractivity contribution in [2.45, 2.75) is 100 Å². The molecule has 0 atom stereocenters. The van der Waals surface area contributed by atoms with E-state index in [9.17, 15) is 18.5 Å². The highest BCUT2D eigenvalue weighted by Gasteiger charge is 2.24. The van der Waals surface area contributed by atoms with Crippen LogP contribution in [0.25, 0.3) is 0 Å². The van der Waals surface area contributed by atoms with E-state index in [1.807, 2.05) is 0 Å². The van der Waals surface area contributed by atoms with E-state index in [0.717, 1.165) is 64.2 Å². The summed E-state index contributed by atoms with van der Waals surface area (Å²) in [6.07, 6.45) is 17.4. The fraction of sp³-hybridized carbons (Fsp3) is 0.682. The van der Waals surface area contributed by atoms with Crippen LogP contribution in [0.1, 0.15) is 83.5 Å². The van der Waals surface area contributed by atoms with Crippen molar-refractivity contribution in [3.8, 4) is 0 Å². The van der Waals surface area contributed by atoms with Crippen molar-refractivity contribution in [3.05, 3.63) is 40.6 Å². The molecule has 0 aliphatic heterocycles. The third-order valence-electron chi connectivity index (χ3n) is 6.23. The molecule has 178 valence electrons. The summed E-state index contributed by atoms with van der Waals surface area (Å²) in [4.78, 5) is 14.5. The maximum Gasteiger partial charge on any atom is 0.275 e. The fourth-order valence-corrected chi connectivity index (χ4v) is 5.70. The molecule has 3 N–H and O–H groups in total. The molecule has 0 spiro atoms. The standard InChI is InChI=1S/C22H35N5O4S/c28-27(29)17-22(25-19-12-6-2-1-3-7-13-19)26-32(30,31)21-16-23-15-14-20(21)24-18-10-8-4-5-9-11-18/h14-19,25-26H,1-13H2,(H,23,24)/b22-17+. The minimum Gasteiger partial charge on any atom is -0.381 e. The van der Waals surface area contributed by atoms with Crippen LogP contribution in [0.15, 0.2) is 35.4 Å². The number of nitrogens with zero attached hydrogens (tertiary/aromatic N) is 2. The van der Waals surface area contributed by atoms with Gasteiger partial charge in [-0.1, -0.05) is 57.8 Å². The van der Waals surface area contributed by atoms with E-state index < -0.39 is 14.9 Å². The van der Waals surface area contributed by atoms with Gasteiger partial charge in [0.05, 0.1) is 10.6 Å². The minimum absolute atomic E-state index is 0.00156. The third kappa shape index (κ3) is 7.65. The van der Waals surface area contributed by atoms with E-state index in [-0.39, 0.29) is 22.8 Å². The van der Waals surface area contributed by atoms with Crippen LogP contribution in [-0.2, 0) is 10.0 Å². The van der Waals surface area contributed by atoms with Gasteiger partial charge in [-0.3, -0.25) is 19.8 Å². The van der Waals surface area contributed by atoms with Crippen LogP contribution in [0.4, 0.5) is 5.69 Å². The second kappa shape index (κ2) is 12.0. The number of rotatable bonds is 8. The lowest BCUT2D eigenvalue weighted by Crippen LogP contribution is -2.38. The highest BCUT2D eigenvalue weighted by Crippen LogP contribution is 2.26. The monoisotopic (exact) mass is 465 g/mol. The van der Waals surface area contributed by atoms with Gasteiger partial charge in [0.2, 0.25) is 0 Å². The zero-order chi connectivity index (χ0) is 22.8. The first-order chi connectivity index (χ1) is 15.4. The van der Waals surface area contributed by atoms with Crippen molar-refractivity contribution < 1.29 is 13.3 Å². The van der Waals surface area contributed by atoms with E-state index in [2.05, 4.69) is 20.3 Å². The number of anilines is 1. The van der Waals surface area contributed by atoms with Gasteiger partial charge < -0.3 is 10.6 Å². The number of hydrogen-bond donors (Lipinski definition) is 3. The number of sulfonamides is 1. The Morgan fingerprint density at radius 1 is 0.969 bits per heavy atom. The van der Waals surface area contributed by atoms with Gasteiger partial charge in [-0.2, -0.15) is 0 Å². The molecule has 0 amide bonds. The van der Waals surface area contributed by atoms with Gasteiger partial charge in [-0.25, -0.2) is 8.42 Å². The molecular formula is C22H35N5O4S. The average Bonchev–Trinajstić information content (AvgIpc) is 2.98. The zero-order valence-corrected chi connectivity index (χ0v) is 19.4. The molecule has 1 aromatic heterocycles. The predicted octanol–water partition coefficient (Wildman–Crippen LogP) is 4.27. The highest BCUT2D eigenvalue weighted by molar-refractivity contribution is 7.89. The van der Waals surface area contributed by atoms with E-state index >= 15 is 0 Å². The maximum absolute atomic E-state index is 13.2. The Labute approximate surface area is 190 Å². The first kappa shape index (κ1) is 24.3. The molecule has 0 unspecified atom stereocenters. The molecule has 2 aliphatic carbocycles. The first-order valence-electron chi connectivity index (χ1n) is 11.8. The van der Waals surface area contributed by atoms with Crippen LogP contribution in [-0.4, -0.2) is 30.4 Å². The SMILES string of the molecule is O=[N+]([O-])/C=C(\NC1CCCCCCC1)NS(=O)(=O)c1cnccc1NC1CCCCCC1. The molecule has 32 heavy (non-hydrogen) atoms. The Balaban J connectivity index is 1.76. The van der Waals surface area contributed by atoms with Crippen LogP contribution in [0.2, 0.25) is 0 Å². The van der Waals surface area contributed by atoms with Crippen LogP contribution in [0.3, 0.4) is 0 Å². The summed E-state index contributed by atoms with van der Waals surface area (Å²) in [5.74, 6) is -0.107. The summed E-state index contributed by atoms with van der Waals surface area (Å²) in [5.41, 5.74) is 0.478. The number of nitrogens with one attached hydrogen (secondary N) is 3. The molecule has 0 aromatic carbocycles. The molecule has 2 fully saturated rings. The topological polar surface area (TPSA) is 126 Å². The van der Waals surface area contributed by atoms with E-state index in [4.69, 9.17) is 0 Å². The van der Waals surface area contributed by atoms with Crippen molar-refractivity contribution >= 4 is 15.7 Å². The maximum atomic E-state index is 13.2. The third-order valence-corrected chi connectivity index (χ3v) is 7.63. The molecule has 10 heteroatoms. The summed E-state index contributed by atoms with van der Waals surface area (Å²) >= 11 is 0. The molecule has 0 saturated heterocycles. The van der Waals surface area contributed by atoms with E-state index in [1.54, 1.807) is 12.3 Å². The first-order valence-corrected chi connectivity index (χ1v) is 13.3. The van der Waals surface area contributed by atoms with E-state index in [0.29, 0.717) is 11.9 Å². The van der Waals surface area contributed by atoms with E-state index in [1.165, 1.54) is 25.5 Å². The van der Waals surface area contributed by atoms with Crippen LogP contribution < -0.4 is 15.4 Å². The Morgan fingerprint density at radius 3 is 2.12 bits per heavy atom. The van der Waals surface area contributed by atoms with Gasteiger partial charge in [0.25, 0.3) is 16.2 Å². The largest absolute Gasteiger partial charge is 0.381 e. The normalized spacial score (nSPS) is 19.9. The van der Waals surface area contributed by atoms with Crippen LogP contribution in [0.5, 0.6) is 0 Å².